The second-order valence-corrected chi connectivity index (χ2v) is 14.1. The number of amides is 1. The topological polar surface area (TPSA) is 66.8 Å². The molecule has 2 aromatic rings. The van der Waals surface area contributed by atoms with Gasteiger partial charge in [-0.25, -0.2) is 4.79 Å². The average molecular weight is 440 g/mol. The molecule has 1 saturated heterocycles. The van der Waals surface area contributed by atoms with E-state index in [1.165, 1.54) is 16.7 Å². The fraction of sp³-hybridized carbons (Fsp3) is 0.304. The third-order valence-corrected chi connectivity index (χ3v) is 12.0. The summed E-state index contributed by atoms with van der Waals surface area (Å²) in [5.74, 6) is -1.20. The van der Waals surface area contributed by atoms with E-state index in [-0.39, 0.29) is 28.6 Å². The van der Waals surface area contributed by atoms with Crippen molar-refractivity contribution in [1.29, 1.82) is 0 Å². The maximum absolute atomic E-state index is 12.0. The first-order valence-corrected chi connectivity index (χ1v) is 12.7. The molecule has 0 radical (unpaired) electrons. The number of carbonyl (C=O) groups is 2. The summed E-state index contributed by atoms with van der Waals surface area (Å²) in [6.07, 6.45) is 0.379. The van der Waals surface area contributed by atoms with Crippen molar-refractivity contribution < 1.29 is 19.1 Å². The van der Waals surface area contributed by atoms with E-state index in [4.69, 9.17) is 4.43 Å². The quantitative estimate of drug-likeness (QED) is 0.553. The zero-order valence-corrected chi connectivity index (χ0v) is 19.1. The molecule has 2 aromatic carbocycles. The van der Waals surface area contributed by atoms with Crippen LogP contribution in [0.1, 0.15) is 27.2 Å². The van der Waals surface area contributed by atoms with E-state index in [2.05, 4.69) is 45.0 Å². The van der Waals surface area contributed by atoms with E-state index in [9.17, 15) is 14.7 Å². The molecule has 0 aliphatic carbocycles. The Labute approximate surface area is 181 Å². The van der Waals surface area contributed by atoms with Crippen molar-refractivity contribution in [3.8, 4) is 0 Å². The van der Waals surface area contributed by atoms with Gasteiger partial charge in [0.25, 0.3) is 8.32 Å². The van der Waals surface area contributed by atoms with E-state index in [1.807, 2.05) is 36.4 Å². The first kappa shape index (κ1) is 20.9. The lowest BCUT2D eigenvalue weighted by Gasteiger charge is -2.43. The largest absolute Gasteiger partial charge is 0.477 e. The minimum Gasteiger partial charge on any atom is -0.477 e. The van der Waals surface area contributed by atoms with Gasteiger partial charge in [0.05, 0.1) is 18.4 Å². The van der Waals surface area contributed by atoms with Gasteiger partial charge in [-0.3, -0.25) is 9.69 Å². The second kappa shape index (κ2) is 7.72. The van der Waals surface area contributed by atoms with Crippen LogP contribution in [0.3, 0.4) is 0 Å². The van der Waals surface area contributed by atoms with Crippen LogP contribution in [0.15, 0.2) is 71.3 Å². The molecule has 0 saturated carbocycles. The van der Waals surface area contributed by atoms with Crippen molar-refractivity contribution in [3.63, 3.8) is 0 Å². The number of carboxylic acids is 1. The minimum absolute atomic E-state index is 0.0826. The van der Waals surface area contributed by atoms with Crippen molar-refractivity contribution in [2.45, 2.75) is 37.6 Å². The molecular weight excluding hydrogens is 414 g/mol. The number of hydrogen-bond acceptors (Lipinski definition) is 4. The van der Waals surface area contributed by atoms with Crippen molar-refractivity contribution in [3.05, 3.63) is 71.3 Å². The lowest BCUT2D eigenvalue weighted by atomic mass is 10.1. The average Bonchev–Trinajstić information content (AvgIpc) is 3.01. The van der Waals surface area contributed by atoms with Crippen molar-refractivity contribution in [2.24, 2.45) is 0 Å². The fourth-order valence-electron chi connectivity index (χ4n) is 4.36. The summed E-state index contributed by atoms with van der Waals surface area (Å²) in [6.45, 7) is 6.73. The van der Waals surface area contributed by atoms with Crippen LogP contribution in [0.5, 0.6) is 0 Å². The second-order valence-electron chi connectivity index (χ2n) is 8.57. The first-order valence-electron chi connectivity index (χ1n) is 9.96. The monoisotopic (exact) mass is 439 g/mol. The van der Waals surface area contributed by atoms with Crippen LogP contribution in [0, 0.1) is 0 Å². The molecule has 0 unspecified atom stereocenters. The summed E-state index contributed by atoms with van der Waals surface area (Å²) >= 11 is 1.44. The number of benzene rings is 2. The molecule has 1 N–H and O–H groups in total. The third kappa shape index (κ3) is 3.31. The van der Waals surface area contributed by atoms with Crippen molar-refractivity contribution in [1.82, 2.24) is 4.90 Å². The van der Waals surface area contributed by atoms with Gasteiger partial charge >= 0.3 is 5.97 Å². The van der Waals surface area contributed by atoms with E-state index in [0.717, 1.165) is 10.4 Å². The van der Waals surface area contributed by atoms with Gasteiger partial charge in [0.15, 0.2) is 0 Å². The summed E-state index contributed by atoms with van der Waals surface area (Å²) in [5, 5.41) is 11.7. The highest BCUT2D eigenvalue weighted by Crippen LogP contribution is 2.47. The van der Waals surface area contributed by atoms with Gasteiger partial charge in [-0.15, -0.1) is 0 Å². The SMILES string of the molecule is CC(C)(C)[Si](OCC1=C(C(=O)O)N2C(=O)C[C@@H]2S1)(c1ccccc1)c1ccccc1. The van der Waals surface area contributed by atoms with Crippen LogP contribution in [-0.2, 0) is 14.0 Å². The summed E-state index contributed by atoms with van der Waals surface area (Å²) in [5.41, 5.74) is 0.0826. The highest BCUT2D eigenvalue weighted by molar-refractivity contribution is 8.04. The van der Waals surface area contributed by atoms with E-state index >= 15 is 0 Å². The maximum Gasteiger partial charge on any atom is 0.353 e. The van der Waals surface area contributed by atoms with Crippen LogP contribution in [-0.4, -0.2) is 42.2 Å². The lowest BCUT2D eigenvalue weighted by Crippen LogP contribution is -2.66. The van der Waals surface area contributed by atoms with Gasteiger partial charge in [0.2, 0.25) is 5.91 Å². The molecular formula is C23H25NO4SSi. The molecule has 2 heterocycles. The lowest BCUT2D eigenvalue weighted by molar-refractivity contribution is -0.145. The van der Waals surface area contributed by atoms with Gasteiger partial charge < -0.3 is 9.53 Å². The summed E-state index contributed by atoms with van der Waals surface area (Å²) in [6, 6.07) is 20.5. The zero-order chi connectivity index (χ0) is 21.5. The van der Waals surface area contributed by atoms with Crippen molar-refractivity contribution in [2.75, 3.05) is 6.61 Å². The number of aliphatic carboxylic acids is 1. The standard InChI is InChI=1S/C23H25NO4SSi/c1-23(2,3)30(16-10-6-4-7-11-16,17-12-8-5-9-13-17)28-15-18-21(22(26)27)24-19(25)14-20(24)29-18/h4-13,20H,14-15H2,1-3H3,(H,26,27)/t20-/m0/s1. The van der Waals surface area contributed by atoms with Gasteiger partial charge in [0, 0.05) is 4.91 Å². The number of rotatable bonds is 6. The normalized spacial score (nSPS) is 19.0. The molecule has 0 aromatic heterocycles. The molecule has 30 heavy (non-hydrogen) atoms. The van der Waals surface area contributed by atoms with Crippen LogP contribution >= 0.6 is 11.8 Å². The predicted molar refractivity (Wildman–Crippen MR) is 121 cm³/mol. The number of thioether (sulfide) groups is 1. The van der Waals surface area contributed by atoms with Gasteiger partial charge in [-0.1, -0.05) is 93.2 Å². The van der Waals surface area contributed by atoms with Crippen molar-refractivity contribution >= 4 is 42.3 Å². The zero-order valence-electron chi connectivity index (χ0n) is 17.3. The molecule has 1 fully saturated rings. The molecule has 2 aliphatic heterocycles. The van der Waals surface area contributed by atoms with Crippen LogP contribution in [0.2, 0.25) is 5.04 Å². The number of hydrogen-bond donors (Lipinski definition) is 1. The maximum atomic E-state index is 12.0. The predicted octanol–water partition coefficient (Wildman–Crippen LogP) is 3.16. The number of nitrogens with zero attached hydrogens (tertiary/aromatic N) is 1. The van der Waals surface area contributed by atoms with Crippen LogP contribution < -0.4 is 10.4 Å². The molecule has 1 amide bonds. The van der Waals surface area contributed by atoms with E-state index < -0.39 is 14.3 Å². The van der Waals surface area contributed by atoms with Gasteiger partial charge in [-0.05, 0) is 15.4 Å². The van der Waals surface area contributed by atoms with Gasteiger partial charge in [-0.2, -0.15) is 0 Å². The Balaban J connectivity index is 1.79. The van der Waals surface area contributed by atoms with Crippen LogP contribution in [0.25, 0.3) is 0 Å². The molecule has 0 bridgehead atoms. The van der Waals surface area contributed by atoms with Gasteiger partial charge in [0.1, 0.15) is 5.70 Å². The molecule has 7 heteroatoms. The molecule has 5 nitrogen and oxygen atoms in total. The van der Waals surface area contributed by atoms with E-state index in [1.54, 1.807) is 0 Å². The minimum atomic E-state index is -2.77. The first-order chi connectivity index (χ1) is 14.3. The third-order valence-electron chi connectivity index (χ3n) is 5.73. The Morgan fingerprint density at radius 2 is 1.63 bits per heavy atom. The Bertz CT molecular complexity index is 961. The fourth-order valence-corrected chi connectivity index (χ4v) is 10.3. The number of fused-ring (bicyclic) bond motifs is 1. The molecule has 0 spiro atoms. The number of carbonyl (C=O) groups excluding carboxylic acids is 1. The molecule has 2 aliphatic rings. The molecule has 1 atom stereocenters. The van der Waals surface area contributed by atoms with Crippen LogP contribution in [0.4, 0.5) is 0 Å². The summed E-state index contributed by atoms with van der Waals surface area (Å²) in [7, 11) is -2.77. The highest BCUT2D eigenvalue weighted by atomic mass is 32.2. The number of β-lactam (4-membered cyclic amide) rings is 1. The number of carboxylic acid groups (broad SMARTS) is 1. The summed E-state index contributed by atoms with van der Waals surface area (Å²) in [4.78, 5) is 25.9. The summed E-state index contributed by atoms with van der Waals surface area (Å²) < 4.78 is 6.85. The van der Waals surface area contributed by atoms with E-state index in [0.29, 0.717) is 11.3 Å². The Morgan fingerprint density at radius 3 is 2.07 bits per heavy atom. The Hall–Kier alpha value is -2.35. The molecule has 156 valence electrons. The highest BCUT2D eigenvalue weighted by Gasteiger charge is 2.52. The smallest absolute Gasteiger partial charge is 0.353 e. The Morgan fingerprint density at radius 1 is 1.10 bits per heavy atom. The molecule has 4 rings (SSSR count). The Kier molecular flexibility index (Phi) is 5.38.